The number of nitrogens with zero attached hydrogens (tertiary/aromatic N) is 2. The fourth-order valence-corrected chi connectivity index (χ4v) is 2.14. The number of nitrogens with one attached hydrogen (secondary N) is 1. The minimum absolute atomic E-state index is 0.00508. The molecule has 104 valence electrons. The average Bonchev–Trinajstić information content (AvgIpc) is 2.48. The van der Waals surface area contributed by atoms with Crippen LogP contribution in [-0.4, -0.2) is 16.0 Å². The largest absolute Gasteiger partial charge is 0.409 e. The number of anilines is 1. The summed E-state index contributed by atoms with van der Waals surface area (Å²) in [6.45, 7) is 2.67. The lowest BCUT2D eigenvalue weighted by Gasteiger charge is -2.11. The van der Waals surface area contributed by atoms with E-state index in [0.717, 1.165) is 21.3 Å². The number of oxime groups is 1. The predicted molar refractivity (Wildman–Crippen MR) is 83.0 cm³/mol. The highest BCUT2D eigenvalue weighted by atomic mass is 79.9. The van der Waals surface area contributed by atoms with Crippen molar-refractivity contribution in [1.82, 2.24) is 4.98 Å². The van der Waals surface area contributed by atoms with E-state index in [1.807, 2.05) is 31.2 Å². The maximum atomic E-state index is 8.66. The van der Waals surface area contributed by atoms with Crippen LogP contribution in [0.15, 0.2) is 46.2 Å². The topological polar surface area (TPSA) is 83.5 Å². The van der Waals surface area contributed by atoms with E-state index in [0.29, 0.717) is 12.2 Å². The second-order valence-corrected chi connectivity index (χ2v) is 5.15. The van der Waals surface area contributed by atoms with E-state index in [1.54, 1.807) is 12.3 Å². The van der Waals surface area contributed by atoms with Gasteiger partial charge in [0.05, 0.1) is 0 Å². The molecule has 0 spiro atoms. The number of pyridine rings is 1. The van der Waals surface area contributed by atoms with Crippen LogP contribution in [0, 0.1) is 6.92 Å². The number of nitrogens with two attached hydrogens (primary N) is 1. The Kier molecular flexibility index (Phi) is 4.57. The molecule has 0 atom stereocenters. The molecule has 20 heavy (non-hydrogen) atoms. The summed E-state index contributed by atoms with van der Waals surface area (Å²) in [6, 6.07) is 9.67. The van der Waals surface area contributed by atoms with E-state index in [1.165, 1.54) is 0 Å². The van der Waals surface area contributed by atoms with Crippen LogP contribution in [0.3, 0.4) is 0 Å². The maximum absolute atomic E-state index is 8.66. The van der Waals surface area contributed by atoms with Gasteiger partial charge in [-0.15, -0.1) is 0 Å². The molecule has 0 amide bonds. The zero-order chi connectivity index (χ0) is 14.5. The summed E-state index contributed by atoms with van der Waals surface area (Å²) in [7, 11) is 0. The SMILES string of the molecule is Cc1c(Br)cccc1NCc1ccnc(/C(N)=N/O)c1. The van der Waals surface area contributed by atoms with Crippen molar-refractivity contribution in [3.8, 4) is 0 Å². The Morgan fingerprint density at radius 3 is 3.00 bits per heavy atom. The van der Waals surface area contributed by atoms with E-state index in [9.17, 15) is 0 Å². The summed E-state index contributed by atoms with van der Waals surface area (Å²) in [5.41, 5.74) is 9.19. The molecule has 0 saturated carbocycles. The molecule has 4 N–H and O–H groups in total. The molecule has 1 heterocycles. The molecule has 0 aliphatic carbocycles. The molecule has 1 aromatic heterocycles. The third kappa shape index (κ3) is 3.27. The zero-order valence-corrected chi connectivity index (χ0v) is 12.6. The summed E-state index contributed by atoms with van der Waals surface area (Å²) in [5, 5.41) is 15.0. The minimum atomic E-state index is 0.00508. The highest BCUT2D eigenvalue weighted by molar-refractivity contribution is 9.10. The fraction of sp³-hybridized carbons (Fsp3) is 0.143. The van der Waals surface area contributed by atoms with Gasteiger partial charge < -0.3 is 16.3 Å². The van der Waals surface area contributed by atoms with Gasteiger partial charge in [0.2, 0.25) is 0 Å². The lowest BCUT2D eigenvalue weighted by Crippen LogP contribution is -2.15. The van der Waals surface area contributed by atoms with E-state index >= 15 is 0 Å². The molecule has 0 fully saturated rings. The number of hydrogen-bond donors (Lipinski definition) is 3. The van der Waals surface area contributed by atoms with Crippen LogP contribution in [-0.2, 0) is 6.54 Å². The van der Waals surface area contributed by atoms with Crippen LogP contribution in [0.5, 0.6) is 0 Å². The van der Waals surface area contributed by atoms with Crippen molar-refractivity contribution in [2.24, 2.45) is 10.9 Å². The number of benzene rings is 1. The Balaban J connectivity index is 2.13. The quantitative estimate of drug-likeness (QED) is 0.347. The fourth-order valence-electron chi connectivity index (χ4n) is 1.77. The van der Waals surface area contributed by atoms with Gasteiger partial charge in [-0.1, -0.05) is 27.2 Å². The summed E-state index contributed by atoms with van der Waals surface area (Å²) in [4.78, 5) is 4.05. The second kappa shape index (κ2) is 6.38. The van der Waals surface area contributed by atoms with E-state index in [2.05, 4.69) is 31.4 Å². The first kappa shape index (κ1) is 14.3. The third-order valence-electron chi connectivity index (χ3n) is 2.95. The third-order valence-corrected chi connectivity index (χ3v) is 3.80. The van der Waals surface area contributed by atoms with Gasteiger partial charge in [0, 0.05) is 22.9 Å². The molecule has 2 aromatic rings. The van der Waals surface area contributed by atoms with Crippen LogP contribution >= 0.6 is 15.9 Å². The van der Waals surface area contributed by atoms with Crippen molar-refractivity contribution in [3.05, 3.63) is 57.8 Å². The lowest BCUT2D eigenvalue weighted by atomic mass is 10.1. The van der Waals surface area contributed by atoms with Crippen molar-refractivity contribution in [2.75, 3.05) is 5.32 Å². The highest BCUT2D eigenvalue weighted by Crippen LogP contribution is 2.23. The molecule has 0 aliphatic rings. The molecule has 6 heteroatoms. The molecule has 5 nitrogen and oxygen atoms in total. The van der Waals surface area contributed by atoms with Crippen LogP contribution in [0.25, 0.3) is 0 Å². The normalized spacial score (nSPS) is 11.4. The molecule has 0 bridgehead atoms. The van der Waals surface area contributed by atoms with Crippen LogP contribution in [0.1, 0.15) is 16.8 Å². The molecule has 2 rings (SSSR count). The second-order valence-electron chi connectivity index (χ2n) is 4.30. The number of hydrogen-bond acceptors (Lipinski definition) is 4. The van der Waals surface area contributed by atoms with Gasteiger partial charge in [0.15, 0.2) is 5.84 Å². The number of halogens is 1. The first-order valence-corrected chi connectivity index (χ1v) is 6.83. The van der Waals surface area contributed by atoms with Gasteiger partial charge >= 0.3 is 0 Å². The standard InChI is InChI=1S/C14H15BrN4O/c1-9-11(15)3-2-4-12(9)18-8-10-5-6-17-13(7-10)14(16)19-20/h2-7,18,20H,8H2,1H3,(H2,16,19). The molecule has 1 aromatic carbocycles. The Labute approximate surface area is 125 Å². The van der Waals surface area contributed by atoms with Gasteiger partial charge in [-0.3, -0.25) is 4.98 Å². The minimum Gasteiger partial charge on any atom is -0.409 e. The van der Waals surface area contributed by atoms with Gasteiger partial charge in [-0.05, 0) is 42.3 Å². The van der Waals surface area contributed by atoms with Crippen molar-refractivity contribution in [3.63, 3.8) is 0 Å². The van der Waals surface area contributed by atoms with E-state index in [4.69, 9.17) is 10.9 Å². The van der Waals surface area contributed by atoms with Gasteiger partial charge in [-0.25, -0.2) is 0 Å². The number of rotatable bonds is 4. The molecule has 0 saturated heterocycles. The van der Waals surface area contributed by atoms with Gasteiger partial charge in [0.1, 0.15) is 5.69 Å². The van der Waals surface area contributed by atoms with Crippen molar-refractivity contribution in [1.29, 1.82) is 0 Å². The van der Waals surface area contributed by atoms with Gasteiger partial charge in [-0.2, -0.15) is 0 Å². The summed E-state index contributed by atoms with van der Waals surface area (Å²) in [6.07, 6.45) is 1.64. The van der Waals surface area contributed by atoms with Crippen molar-refractivity contribution in [2.45, 2.75) is 13.5 Å². The number of amidine groups is 1. The summed E-state index contributed by atoms with van der Waals surface area (Å²) in [5.74, 6) is 0.00508. The Hall–Kier alpha value is -2.08. The summed E-state index contributed by atoms with van der Waals surface area (Å²) < 4.78 is 1.06. The van der Waals surface area contributed by atoms with Crippen LogP contribution in [0.4, 0.5) is 5.69 Å². The van der Waals surface area contributed by atoms with Crippen LogP contribution < -0.4 is 11.1 Å². The predicted octanol–water partition coefficient (Wildman–Crippen LogP) is 2.86. The van der Waals surface area contributed by atoms with Crippen molar-refractivity contribution < 1.29 is 5.21 Å². The Morgan fingerprint density at radius 1 is 1.45 bits per heavy atom. The zero-order valence-electron chi connectivity index (χ0n) is 11.0. The van der Waals surface area contributed by atoms with E-state index in [-0.39, 0.29) is 5.84 Å². The summed E-state index contributed by atoms with van der Waals surface area (Å²) >= 11 is 3.50. The highest BCUT2D eigenvalue weighted by Gasteiger charge is 2.04. The Morgan fingerprint density at radius 2 is 2.25 bits per heavy atom. The monoisotopic (exact) mass is 334 g/mol. The first-order valence-electron chi connectivity index (χ1n) is 6.03. The lowest BCUT2D eigenvalue weighted by molar-refractivity contribution is 0.318. The molecular weight excluding hydrogens is 320 g/mol. The van der Waals surface area contributed by atoms with Gasteiger partial charge in [0.25, 0.3) is 0 Å². The molecule has 0 radical (unpaired) electrons. The smallest absolute Gasteiger partial charge is 0.188 e. The first-order chi connectivity index (χ1) is 9.61. The van der Waals surface area contributed by atoms with Crippen LogP contribution in [0.2, 0.25) is 0 Å². The number of aromatic nitrogens is 1. The average molecular weight is 335 g/mol. The molecule has 0 unspecified atom stereocenters. The Bertz CT molecular complexity index is 643. The molecular formula is C14H15BrN4O. The molecule has 0 aliphatic heterocycles. The maximum Gasteiger partial charge on any atom is 0.188 e. The van der Waals surface area contributed by atoms with E-state index < -0.39 is 0 Å². The van der Waals surface area contributed by atoms with Crippen molar-refractivity contribution >= 4 is 27.5 Å².